The average molecular weight is 377 g/mol. The zero-order valence-corrected chi connectivity index (χ0v) is 15.4. The van der Waals surface area contributed by atoms with Gasteiger partial charge in [-0.2, -0.15) is 0 Å². The normalized spacial score (nSPS) is 15.1. The fourth-order valence-electron chi connectivity index (χ4n) is 2.74. The Kier molecular flexibility index (Phi) is 5.27. The van der Waals surface area contributed by atoms with E-state index in [0.717, 1.165) is 12.8 Å². The van der Waals surface area contributed by atoms with E-state index in [0.29, 0.717) is 23.0 Å². The molecule has 0 radical (unpaired) electrons. The quantitative estimate of drug-likeness (QED) is 0.774. The molecule has 26 heavy (non-hydrogen) atoms. The second-order valence-corrected chi connectivity index (χ2v) is 7.33. The number of carbonyl (C=O) groups is 2. The lowest BCUT2D eigenvalue weighted by molar-refractivity contribution is -0.139. The van der Waals surface area contributed by atoms with Crippen molar-refractivity contribution in [2.24, 2.45) is 5.92 Å². The number of halogens is 1. The third-order valence-electron chi connectivity index (χ3n) is 4.17. The standard InChI is InChI=1S/C18H21ClN4O3/c1-10(2)9-13(18(25)26)20-17(24)15-21-16(11-7-8-11)23(22-15)14-6-4-3-5-12(14)19/h3-6,10-11,13H,7-9H2,1-2H3,(H,20,24)(H,25,26)/t13-/m1/s1. The van der Waals surface area contributed by atoms with Crippen LogP contribution in [0.1, 0.15) is 55.5 Å². The number of carboxylic acid groups (broad SMARTS) is 1. The number of para-hydroxylation sites is 1. The minimum atomic E-state index is -1.07. The summed E-state index contributed by atoms with van der Waals surface area (Å²) in [5.74, 6) is -0.648. The number of nitrogens with one attached hydrogen (secondary N) is 1. The Morgan fingerprint density at radius 1 is 1.35 bits per heavy atom. The van der Waals surface area contributed by atoms with E-state index < -0.39 is 17.9 Å². The molecule has 1 heterocycles. The van der Waals surface area contributed by atoms with Gasteiger partial charge in [0, 0.05) is 5.92 Å². The van der Waals surface area contributed by atoms with Gasteiger partial charge in [-0.25, -0.2) is 14.5 Å². The van der Waals surface area contributed by atoms with Gasteiger partial charge in [0.05, 0.1) is 10.7 Å². The zero-order chi connectivity index (χ0) is 18.8. The second-order valence-electron chi connectivity index (χ2n) is 6.92. The van der Waals surface area contributed by atoms with Crippen molar-refractivity contribution in [1.29, 1.82) is 0 Å². The van der Waals surface area contributed by atoms with Crippen LogP contribution in [0.2, 0.25) is 5.02 Å². The van der Waals surface area contributed by atoms with E-state index in [4.69, 9.17) is 11.6 Å². The fraction of sp³-hybridized carbons (Fsp3) is 0.444. The van der Waals surface area contributed by atoms with Gasteiger partial charge in [0.2, 0.25) is 5.82 Å². The first-order valence-electron chi connectivity index (χ1n) is 8.62. The second kappa shape index (κ2) is 7.45. The molecule has 0 bridgehead atoms. The van der Waals surface area contributed by atoms with Crippen molar-refractivity contribution >= 4 is 23.5 Å². The van der Waals surface area contributed by atoms with Gasteiger partial charge in [-0.05, 0) is 37.3 Å². The van der Waals surface area contributed by atoms with E-state index in [2.05, 4.69) is 15.4 Å². The zero-order valence-electron chi connectivity index (χ0n) is 14.6. The van der Waals surface area contributed by atoms with Crippen LogP contribution in [0.25, 0.3) is 5.69 Å². The lowest BCUT2D eigenvalue weighted by atomic mass is 10.0. The minimum Gasteiger partial charge on any atom is -0.480 e. The van der Waals surface area contributed by atoms with Gasteiger partial charge in [0.1, 0.15) is 11.9 Å². The van der Waals surface area contributed by atoms with E-state index in [9.17, 15) is 14.7 Å². The summed E-state index contributed by atoms with van der Waals surface area (Å²) < 4.78 is 1.59. The number of nitrogens with zero attached hydrogens (tertiary/aromatic N) is 3. The molecule has 1 aliphatic rings. The Bertz CT molecular complexity index is 830. The predicted octanol–water partition coefficient (Wildman–Crippen LogP) is 3.03. The molecule has 1 fully saturated rings. The maximum atomic E-state index is 12.5. The number of benzene rings is 1. The molecule has 8 heteroatoms. The van der Waals surface area contributed by atoms with Crippen molar-refractivity contribution in [3.63, 3.8) is 0 Å². The Balaban J connectivity index is 1.89. The van der Waals surface area contributed by atoms with Crippen molar-refractivity contribution in [2.45, 2.75) is 45.1 Å². The largest absolute Gasteiger partial charge is 0.480 e. The summed E-state index contributed by atoms with van der Waals surface area (Å²) >= 11 is 6.26. The maximum Gasteiger partial charge on any atom is 0.326 e. The molecule has 1 aliphatic carbocycles. The molecule has 138 valence electrons. The molecule has 1 saturated carbocycles. The number of aliphatic carboxylic acids is 1. The Labute approximate surface area is 156 Å². The van der Waals surface area contributed by atoms with Gasteiger partial charge in [-0.15, -0.1) is 5.10 Å². The summed E-state index contributed by atoms with van der Waals surface area (Å²) in [6.45, 7) is 3.80. The van der Waals surface area contributed by atoms with E-state index in [1.165, 1.54) is 0 Å². The number of hydrogen-bond acceptors (Lipinski definition) is 4. The maximum absolute atomic E-state index is 12.5. The first-order chi connectivity index (χ1) is 12.4. The topological polar surface area (TPSA) is 97.1 Å². The summed E-state index contributed by atoms with van der Waals surface area (Å²) in [5, 5.41) is 16.7. The lowest BCUT2D eigenvalue weighted by Gasteiger charge is -2.15. The minimum absolute atomic E-state index is 0.0400. The monoisotopic (exact) mass is 376 g/mol. The molecule has 0 spiro atoms. The Hall–Kier alpha value is -2.41. The Morgan fingerprint density at radius 2 is 2.04 bits per heavy atom. The molecular weight excluding hydrogens is 356 g/mol. The van der Waals surface area contributed by atoms with Gasteiger partial charge in [0.15, 0.2) is 0 Å². The van der Waals surface area contributed by atoms with Crippen LogP contribution in [0.5, 0.6) is 0 Å². The summed E-state index contributed by atoms with van der Waals surface area (Å²) in [6.07, 6.45) is 2.30. The molecule has 0 aliphatic heterocycles. The van der Waals surface area contributed by atoms with Crippen molar-refractivity contribution in [3.05, 3.63) is 40.9 Å². The molecule has 3 rings (SSSR count). The third kappa shape index (κ3) is 4.04. The number of carbonyl (C=O) groups excluding carboxylic acids is 1. The Morgan fingerprint density at radius 3 is 2.62 bits per heavy atom. The number of amides is 1. The molecule has 1 amide bonds. The van der Waals surface area contributed by atoms with Gasteiger partial charge in [0.25, 0.3) is 5.91 Å². The summed E-state index contributed by atoms with van der Waals surface area (Å²) in [4.78, 5) is 28.3. The van der Waals surface area contributed by atoms with Gasteiger partial charge >= 0.3 is 5.97 Å². The predicted molar refractivity (Wildman–Crippen MR) is 96.7 cm³/mol. The van der Waals surface area contributed by atoms with Crippen LogP contribution in [-0.2, 0) is 4.79 Å². The number of carboxylic acids is 1. The van der Waals surface area contributed by atoms with Crippen LogP contribution in [0.15, 0.2) is 24.3 Å². The van der Waals surface area contributed by atoms with Crippen LogP contribution in [0.3, 0.4) is 0 Å². The summed E-state index contributed by atoms with van der Waals surface area (Å²) in [6, 6.07) is 6.24. The average Bonchev–Trinajstić information content (AvgIpc) is 3.33. The molecular formula is C18H21ClN4O3. The molecule has 2 N–H and O–H groups in total. The highest BCUT2D eigenvalue weighted by molar-refractivity contribution is 6.32. The van der Waals surface area contributed by atoms with Crippen LogP contribution in [0.4, 0.5) is 0 Å². The van der Waals surface area contributed by atoms with Crippen LogP contribution in [-0.4, -0.2) is 37.8 Å². The first kappa shape index (κ1) is 18.4. The number of hydrogen-bond donors (Lipinski definition) is 2. The van der Waals surface area contributed by atoms with Gasteiger partial charge < -0.3 is 10.4 Å². The van der Waals surface area contributed by atoms with Gasteiger partial charge in [-0.3, -0.25) is 4.79 Å². The molecule has 0 unspecified atom stereocenters. The van der Waals surface area contributed by atoms with Crippen LogP contribution >= 0.6 is 11.6 Å². The molecule has 2 aromatic rings. The van der Waals surface area contributed by atoms with E-state index >= 15 is 0 Å². The van der Waals surface area contributed by atoms with Crippen molar-refractivity contribution in [1.82, 2.24) is 20.1 Å². The molecule has 0 saturated heterocycles. The number of rotatable bonds is 7. The van der Waals surface area contributed by atoms with Crippen molar-refractivity contribution < 1.29 is 14.7 Å². The fourth-order valence-corrected chi connectivity index (χ4v) is 2.96. The van der Waals surface area contributed by atoms with E-state index in [1.54, 1.807) is 10.7 Å². The van der Waals surface area contributed by atoms with Crippen molar-refractivity contribution in [2.75, 3.05) is 0 Å². The first-order valence-corrected chi connectivity index (χ1v) is 9.00. The van der Waals surface area contributed by atoms with E-state index in [-0.39, 0.29) is 17.7 Å². The van der Waals surface area contributed by atoms with Crippen LogP contribution < -0.4 is 5.32 Å². The van der Waals surface area contributed by atoms with E-state index in [1.807, 2.05) is 32.0 Å². The SMILES string of the molecule is CC(C)C[C@@H](NC(=O)c1nc(C2CC2)n(-c2ccccc2Cl)n1)C(=O)O. The number of aromatic nitrogens is 3. The highest BCUT2D eigenvalue weighted by Crippen LogP contribution is 2.40. The summed E-state index contributed by atoms with van der Waals surface area (Å²) in [5.41, 5.74) is 0.652. The highest BCUT2D eigenvalue weighted by atomic mass is 35.5. The molecule has 1 aromatic carbocycles. The summed E-state index contributed by atoms with van der Waals surface area (Å²) in [7, 11) is 0. The van der Waals surface area contributed by atoms with Gasteiger partial charge in [-0.1, -0.05) is 37.6 Å². The molecule has 1 aromatic heterocycles. The highest BCUT2D eigenvalue weighted by Gasteiger charge is 2.32. The third-order valence-corrected chi connectivity index (χ3v) is 4.49. The lowest BCUT2D eigenvalue weighted by Crippen LogP contribution is -2.42. The van der Waals surface area contributed by atoms with Crippen molar-refractivity contribution in [3.8, 4) is 5.69 Å². The van der Waals surface area contributed by atoms with Crippen LogP contribution in [0, 0.1) is 5.92 Å². The smallest absolute Gasteiger partial charge is 0.326 e. The molecule has 1 atom stereocenters. The molecule has 7 nitrogen and oxygen atoms in total.